The van der Waals surface area contributed by atoms with Gasteiger partial charge in [-0.15, -0.1) is 10.2 Å². The number of aliphatic hydroxyl groups is 1. The Morgan fingerprint density at radius 3 is 2.73 bits per heavy atom. The van der Waals surface area contributed by atoms with Gasteiger partial charge in [-0.1, -0.05) is 97.5 Å². The Morgan fingerprint density at radius 1 is 1.02 bits per heavy atom. The van der Waals surface area contributed by atoms with Crippen LogP contribution in [0.15, 0.2) is 94.8 Å². The Labute approximate surface area is 287 Å². The van der Waals surface area contributed by atoms with Gasteiger partial charge in [-0.05, 0) is 71.1 Å². The first kappa shape index (κ1) is 31.9. The Balaban J connectivity index is 1.24. The topological polar surface area (TPSA) is 102 Å². The Bertz CT molecular complexity index is 2030. The Morgan fingerprint density at radius 2 is 1.85 bits per heavy atom. The van der Waals surface area contributed by atoms with Crippen molar-refractivity contribution in [2.24, 2.45) is 0 Å². The third-order valence-electron chi connectivity index (χ3n) is 8.64. The summed E-state index contributed by atoms with van der Waals surface area (Å²) in [6.07, 6.45) is 3.77. The number of hydrogen-bond acceptors (Lipinski definition) is 9. The molecule has 0 spiro atoms. The maximum Gasteiger partial charge on any atom is 0.301 e. The maximum absolute atomic E-state index is 13.8. The second-order valence-electron chi connectivity index (χ2n) is 12.0. The van der Waals surface area contributed by atoms with E-state index in [1.165, 1.54) is 44.3 Å². The molecule has 1 N–H and O–H groups in total. The zero-order chi connectivity index (χ0) is 33.2. The molecule has 2 aliphatic heterocycles. The molecule has 244 valence electrons. The molecule has 10 heteroatoms. The summed E-state index contributed by atoms with van der Waals surface area (Å²) in [5.41, 5.74) is 3.18. The first-order valence-corrected chi connectivity index (χ1v) is 18.0. The van der Waals surface area contributed by atoms with Gasteiger partial charge in [0.25, 0.3) is 5.78 Å². The van der Waals surface area contributed by atoms with Gasteiger partial charge in [0.2, 0.25) is 5.13 Å². The minimum atomic E-state index is -0.934. The summed E-state index contributed by atoms with van der Waals surface area (Å²) in [5, 5.41) is 23.2. The first-order chi connectivity index (χ1) is 23.4. The average Bonchev–Trinajstić information content (AvgIpc) is 3.80. The fourth-order valence-corrected chi connectivity index (χ4v) is 8.17. The quantitative estimate of drug-likeness (QED) is 0.0371. The Hall–Kier alpha value is -4.67. The molecule has 5 aromatic rings. The largest absolute Gasteiger partial charge is 0.507 e. The van der Waals surface area contributed by atoms with Crippen LogP contribution in [-0.4, -0.2) is 39.7 Å². The summed E-state index contributed by atoms with van der Waals surface area (Å²) in [7, 11) is 0. The fraction of sp³-hybridized carbons (Fsp3) is 0.263. The van der Waals surface area contributed by atoms with Crippen LogP contribution in [0.2, 0.25) is 0 Å². The Kier molecular flexibility index (Phi) is 9.19. The number of benzene rings is 4. The lowest BCUT2D eigenvalue weighted by molar-refractivity contribution is -0.132. The number of unbranched alkanes of at least 4 members (excludes halogenated alkanes) is 2. The van der Waals surface area contributed by atoms with Gasteiger partial charge in [-0.2, -0.15) is 0 Å². The van der Waals surface area contributed by atoms with Gasteiger partial charge in [0, 0.05) is 17.7 Å². The van der Waals surface area contributed by atoms with Crippen LogP contribution in [0, 0.1) is 0 Å². The summed E-state index contributed by atoms with van der Waals surface area (Å²) in [6.45, 7) is 4.68. The van der Waals surface area contributed by atoms with Crippen molar-refractivity contribution in [1.29, 1.82) is 0 Å². The van der Waals surface area contributed by atoms with Crippen LogP contribution in [0.3, 0.4) is 0 Å². The highest BCUT2D eigenvalue weighted by Gasteiger charge is 2.48. The van der Waals surface area contributed by atoms with Gasteiger partial charge >= 0.3 is 5.91 Å². The molecule has 2 aliphatic rings. The monoisotopic (exact) mass is 677 g/mol. The number of aliphatic hydroxyl groups excluding tert-OH is 1. The van der Waals surface area contributed by atoms with Gasteiger partial charge < -0.3 is 14.6 Å². The van der Waals surface area contributed by atoms with Crippen LogP contribution in [0.25, 0.3) is 16.5 Å². The lowest BCUT2D eigenvalue weighted by Gasteiger charge is -2.23. The number of fused-ring (bicyclic) bond motifs is 2. The van der Waals surface area contributed by atoms with Crippen LogP contribution in [0.5, 0.6) is 11.5 Å². The molecule has 8 nitrogen and oxygen atoms in total. The standard InChI is InChI=1S/C38H35N3O5S2/c1-3-4-7-18-45-29-14-9-12-25(21-29)33-32(34(42)26-16-17-31-28(20-26)19-23(2)46-31)35(43)36(44)41(33)37-39-40-38(48-37)47-22-27-13-8-11-24-10-5-6-15-30(24)27/h5-6,8-17,20-21,23,33,42H,3-4,7,18-19,22H2,1-2H3/b34-32+/t23-,33+/m0/s1. The molecule has 1 saturated heterocycles. The van der Waals surface area contributed by atoms with Crippen molar-refractivity contribution in [3.63, 3.8) is 0 Å². The van der Waals surface area contributed by atoms with Crippen molar-refractivity contribution >= 4 is 56.5 Å². The molecule has 1 fully saturated rings. The molecule has 0 unspecified atom stereocenters. The van der Waals surface area contributed by atoms with Crippen molar-refractivity contribution in [3.05, 3.63) is 113 Å². The minimum Gasteiger partial charge on any atom is -0.507 e. The lowest BCUT2D eigenvalue weighted by atomic mass is 9.94. The van der Waals surface area contributed by atoms with E-state index in [0.29, 0.717) is 40.0 Å². The zero-order valence-electron chi connectivity index (χ0n) is 26.7. The second-order valence-corrected chi connectivity index (χ2v) is 14.2. The molecular weight excluding hydrogens is 643 g/mol. The number of rotatable bonds is 11. The lowest BCUT2D eigenvalue weighted by Crippen LogP contribution is -2.29. The number of hydrogen-bond donors (Lipinski definition) is 1. The molecule has 0 aliphatic carbocycles. The van der Waals surface area contributed by atoms with E-state index in [0.717, 1.165) is 30.6 Å². The summed E-state index contributed by atoms with van der Waals surface area (Å²) in [4.78, 5) is 29.0. The van der Waals surface area contributed by atoms with E-state index in [1.807, 2.05) is 55.5 Å². The molecule has 0 saturated carbocycles. The molecular formula is C38H35N3O5S2. The van der Waals surface area contributed by atoms with Crippen LogP contribution in [-0.2, 0) is 21.8 Å². The minimum absolute atomic E-state index is 0.00444. The van der Waals surface area contributed by atoms with Crippen molar-refractivity contribution in [3.8, 4) is 11.5 Å². The van der Waals surface area contributed by atoms with Gasteiger partial charge in [0.15, 0.2) is 4.34 Å². The molecule has 7 rings (SSSR count). The number of carbonyl (C=O) groups is 2. The number of ether oxygens (including phenoxy) is 2. The van der Waals surface area contributed by atoms with Crippen molar-refractivity contribution in [2.45, 2.75) is 61.8 Å². The molecule has 3 heterocycles. The summed E-state index contributed by atoms with van der Waals surface area (Å²) in [6, 6.07) is 26.2. The molecule has 1 aromatic heterocycles. The van der Waals surface area contributed by atoms with Gasteiger partial charge in [-0.3, -0.25) is 14.5 Å². The van der Waals surface area contributed by atoms with Crippen LogP contribution < -0.4 is 14.4 Å². The highest BCUT2D eigenvalue weighted by atomic mass is 32.2. The summed E-state index contributed by atoms with van der Waals surface area (Å²) < 4.78 is 12.6. The van der Waals surface area contributed by atoms with E-state index in [9.17, 15) is 14.7 Å². The number of anilines is 1. The van der Waals surface area contributed by atoms with E-state index in [1.54, 1.807) is 12.1 Å². The average molecular weight is 678 g/mol. The molecule has 48 heavy (non-hydrogen) atoms. The molecule has 0 radical (unpaired) electrons. The second kappa shape index (κ2) is 13.8. The predicted octanol–water partition coefficient (Wildman–Crippen LogP) is 8.50. The normalized spacial score (nSPS) is 18.3. The number of ketones is 1. The van der Waals surface area contributed by atoms with Gasteiger partial charge in [0.05, 0.1) is 18.2 Å². The van der Waals surface area contributed by atoms with E-state index in [2.05, 4.69) is 41.4 Å². The van der Waals surface area contributed by atoms with Crippen molar-refractivity contribution < 1.29 is 24.2 Å². The predicted molar refractivity (Wildman–Crippen MR) is 190 cm³/mol. The molecule has 1 amide bonds. The van der Waals surface area contributed by atoms with Gasteiger partial charge in [0.1, 0.15) is 23.4 Å². The van der Waals surface area contributed by atoms with E-state index in [4.69, 9.17) is 9.47 Å². The van der Waals surface area contributed by atoms with E-state index in [-0.39, 0.29) is 22.6 Å². The number of thioether (sulfide) groups is 1. The third kappa shape index (κ3) is 6.30. The van der Waals surface area contributed by atoms with Crippen molar-refractivity contribution in [2.75, 3.05) is 11.5 Å². The highest BCUT2D eigenvalue weighted by Crippen LogP contribution is 2.45. The number of aromatic nitrogens is 2. The van der Waals surface area contributed by atoms with Crippen LogP contribution in [0.4, 0.5) is 5.13 Å². The van der Waals surface area contributed by atoms with Crippen LogP contribution in [0.1, 0.15) is 61.4 Å². The van der Waals surface area contributed by atoms with E-state index >= 15 is 0 Å². The third-order valence-corrected chi connectivity index (χ3v) is 10.7. The molecule has 4 aromatic carbocycles. The van der Waals surface area contributed by atoms with Gasteiger partial charge in [-0.25, -0.2) is 0 Å². The van der Waals surface area contributed by atoms with E-state index < -0.39 is 17.7 Å². The number of amides is 1. The smallest absolute Gasteiger partial charge is 0.301 e. The molecule has 2 atom stereocenters. The highest BCUT2D eigenvalue weighted by molar-refractivity contribution is 8.00. The number of Topliss-reactive ketones (excluding diaryl/α,β-unsaturated/α-hetero) is 1. The van der Waals surface area contributed by atoms with Crippen LogP contribution >= 0.6 is 23.1 Å². The zero-order valence-corrected chi connectivity index (χ0v) is 28.4. The SMILES string of the molecule is CCCCCOc1cccc([C@@H]2/C(=C(\O)c3ccc4c(c3)C[C@H](C)O4)C(=O)C(=O)N2c2nnc(SCc3cccc4ccccc34)s2)c1. The number of nitrogens with zero attached hydrogens (tertiary/aromatic N) is 3. The fourth-order valence-electron chi connectivity index (χ4n) is 6.30. The maximum atomic E-state index is 13.8. The van der Waals surface area contributed by atoms with Crippen molar-refractivity contribution in [1.82, 2.24) is 10.2 Å². The number of carbonyl (C=O) groups excluding carboxylic acids is 2. The first-order valence-electron chi connectivity index (χ1n) is 16.2. The molecule has 0 bridgehead atoms. The summed E-state index contributed by atoms with van der Waals surface area (Å²) >= 11 is 2.78. The summed E-state index contributed by atoms with van der Waals surface area (Å²) in [5.74, 6) is 0.254.